The van der Waals surface area contributed by atoms with Crippen molar-refractivity contribution in [2.24, 2.45) is 0 Å². The van der Waals surface area contributed by atoms with Crippen LogP contribution in [0.3, 0.4) is 0 Å². The van der Waals surface area contributed by atoms with E-state index in [4.69, 9.17) is 0 Å². The Morgan fingerprint density at radius 3 is 1.78 bits per heavy atom. The molecule has 0 aliphatic heterocycles. The molecular weight excluding hydrogens is 257 g/mol. The highest BCUT2D eigenvalue weighted by atomic mass is 32.1. The highest BCUT2D eigenvalue weighted by Gasteiger charge is 2.17. The molecule has 0 unspecified atom stereocenters. The molecule has 0 fully saturated rings. The predicted octanol–water partition coefficient (Wildman–Crippen LogP) is 2.90. The van der Waals surface area contributed by atoms with Crippen molar-refractivity contribution < 1.29 is 0 Å². The number of benzene rings is 2. The fourth-order valence-corrected chi connectivity index (χ4v) is 5.31. The zero-order valence-electron chi connectivity index (χ0n) is 9.73. The van der Waals surface area contributed by atoms with Gasteiger partial charge >= 0.3 is 0 Å². The second-order valence-corrected chi connectivity index (χ2v) is 7.15. The summed E-state index contributed by atoms with van der Waals surface area (Å²) in [5, 5.41) is 4.76. The van der Waals surface area contributed by atoms with Crippen LogP contribution in [0.5, 0.6) is 0 Å². The standard InChI is InChI=1S/C15H12NPS/c1-3-7-13(8-4-1)17(15-16-11-12-18-15)14-9-5-2-6-10-14/h1-12H. The van der Waals surface area contributed by atoms with E-state index in [0.29, 0.717) is 0 Å². The summed E-state index contributed by atoms with van der Waals surface area (Å²) in [6.45, 7) is 0. The highest BCUT2D eigenvalue weighted by Crippen LogP contribution is 2.33. The molecular formula is C15H12NPS. The zero-order valence-corrected chi connectivity index (χ0v) is 11.4. The van der Waals surface area contributed by atoms with Gasteiger partial charge in [0.2, 0.25) is 0 Å². The number of aromatic nitrogens is 1. The third-order valence-electron chi connectivity index (χ3n) is 2.64. The molecule has 0 spiro atoms. The van der Waals surface area contributed by atoms with Crippen LogP contribution in [0.2, 0.25) is 0 Å². The van der Waals surface area contributed by atoms with Crippen molar-refractivity contribution in [1.82, 2.24) is 4.98 Å². The van der Waals surface area contributed by atoms with Gasteiger partial charge in [0, 0.05) is 19.5 Å². The predicted molar refractivity (Wildman–Crippen MR) is 80.8 cm³/mol. The minimum absolute atomic E-state index is 0.502. The van der Waals surface area contributed by atoms with E-state index in [9.17, 15) is 0 Å². The topological polar surface area (TPSA) is 12.9 Å². The molecule has 88 valence electrons. The van der Waals surface area contributed by atoms with Gasteiger partial charge in [0.15, 0.2) is 0 Å². The molecule has 1 nitrogen and oxygen atoms in total. The largest absolute Gasteiger partial charge is 0.244 e. The van der Waals surface area contributed by atoms with Crippen LogP contribution in [0.15, 0.2) is 72.2 Å². The molecule has 0 radical (unpaired) electrons. The molecule has 3 rings (SSSR count). The monoisotopic (exact) mass is 269 g/mol. The van der Waals surface area contributed by atoms with E-state index < -0.39 is 7.92 Å². The SMILES string of the molecule is c1ccc(P(c2ccccc2)c2nccs2)cc1. The summed E-state index contributed by atoms with van der Waals surface area (Å²) < 4.78 is 1.21. The van der Waals surface area contributed by atoms with E-state index >= 15 is 0 Å². The van der Waals surface area contributed by atoms with E-state index in [0.717, 1.165) is 0 Å². The average Bonchev–Trinajstić information content (AvgIpc) is 2.95. The van der Waals surface area contributed by atoms with Gasteiger partial charge in [-0.05, 0) is 10.6 Å². The van der Waals surface area contributed by atoms with Crippen LogP contribution in [-0.2, 0) is 0 Å². The maximum atomic E-state index is 4.52. The summed E-state index contributed by atoms with van der Waals surface area (Å²) >= 11 is 1.74. The second-order valence-electron chi connectivity index (χ2n) is 3.82. The highest BCUT2D eigenvalue weighted by molar-refractivity contribution is 7.83. The molecule has 0 saturated heterocycles. The molecule has 0 N–H and O–H groups in total. The lowest BCUT2D eigenvalue weighted by Gasteiger charge is -2.15. The summed E-state index contributed by atoms with van der Waals surface area (Å²) in [6.07, 6.45) is 1.89. The van der Waals surface area contributed by atoms with Crippen molar-refractivity contribution in [3.63, 3.8) is 0 Å². The van der Waals surface area contributed by atoms with Crippen LogP contribution >= 0.6 is 19.3 Å². The first kappa shape index (κ1) is 11.6. The maximum Gasteiger partial charge on any atom is 0.124 e. The van der Waals surface area contributed by atoms with Crippen LogP contribution in [0.25, 0.3) is 0 Å². The lowest BCUT2D eigenvalue weighted by molar-refractivity contribution is 1.48. The Labute approximate surface area is 112 Å². The number of hydrogen-bond acceptors (Lipinski definition) is 2. The van der Waals surface area contributed by atoms with Crippen molar-refractivity contribution in [3.8, 4) is 0 Å². The number of nitrogens with zero attached hydrogens (tertiary/aromatic N) is 1. The van der Waals surface area contributed by atoms with Crippen LogP contribution in [-0.4, -0.2) is 4.98 Å². The zero-order chi connectivity index (χ0) is 12.2. The minimum Gasteiger partial charge on any atom is -0.244 e. The smallest absolute Gasteiger partial charge is 0.124 e. The Bertz CT molecular complexity index is 553. The normalized spacial score (nSPS) is 10.7. The summed E-state index contributed by atoms with van der Waals surface area (Å²) in [5.74, 6) is 0. The molecule has 0 aliphatic carbocycles. The van der Waals surface area contributed by atoms with Gasteiger partial charge in [-0.2, -0.15) is 0 Å². The summed E-state index contributed by atoms with van der Waals surface area (Å²) in [7, 11) is -0.502. The molecule has 0 amide bonds. The van der Waals surface area contributed by atoms with Gasteiger partial charge < -0.3 is 0 Å². The van der Waals surface area contributed by atoms with E-state index in [1.807, 2.05) is 6.20 Å². The minimum atomic E-state index is -0.502. The summed E-state index contributed by atoms with van der Waals surface area (Å²) in [6, 6.07) is 21.3. The Morgan fingerprint density at radius 1 is 0.778 bits per heavy atom. The summed E-state index contributed by atoms with van der Waals surface area (Å²) in [4.78, 5) is 4.52. The Morgan fingerprint density at radius 2 is 1.33 bits per heavy atom. The molecule has 0 atom stereocenters. The number of hydrogen-bond donors (Lipinski definition) is 0. The van der Waals surface area contributed by atoms with Crippen LogP contribution in [0, 0.1) is 0 Å². The van der Waals surface area contributed by atoms with Gasteiger partial charge in [-0.1, -0.05) is 60.7 Å². The number of thiazole rings is 1. The Hall–Kier alpha value is -1.50. The first-order valence-corrected chi connectivity index (χ1v) is 7.97. The fraction of sp³-hybridized carbons (Fsp3) is 0. The van der Waals surface area contributed by atoms with E-state index in [1.54, 1.807) is 11.3 Å². The van der Waals surface area contributed by atoms with Crippen molar-refractivity contribution in [3.05, 3.63) is 72.2 Å². The van der Waals surface area contributed by atoms with Crippen LogP contribution < -0.4 is 15.4 Å². The van der Waals surface area contributed by atoms with Gasteiger partial charge in [-0.25, -0.2) is 4.98 Å². The van der Waals surface area contributed by atoms with Crippen LogP contribution in [0.1, 0.15) is 0 Å². The van der Waals surface area contributed by atoms with Gasteiger partial charge in [-0.15, -0.1) is 11.3 Å². The molecule has 3 aromatic rings. The molecule has 2 aromatic carbocycles. The lowest BCUT2D eigenvalue weighted by atomic mass is 10.4. The first-order chi connectivity index (χ1) is 8.95. The van der Waals surface area contributed by atoms with E-state index in [1.165, 1.54) is 15.4 Å². The molecule has 0 bridgehead atoms. The van der Waals surface area contributed by atoms with Crippen LogP contribution in [0.4, 0.5) is 0 Å². The quantitative estimate of drug-likeness (QED) is 0.666. The molecule has 1 aromatic heterocycles. The molecule has 0 saturated carbocycles. The van der Waals surface area contributed by atoms with Gasteiger partial charge in [0.1, 0.15) is 4.75 Å². The first-order valence-electron chi connectivity index (χ1n) is 5.75. The lowest BCUT2D eigenvalue weighted by Crippen LogP contribution is -2.19. The third kappa shape index (κ3) is 2.35. The molecule has 0 aliphatic rings. The molecule has 3 heteroatoms. The van der Waals surface area contributed by atoms with Gasteiger partial charge in [0.05, 0.1) is 0 Å². The third-order valence-corrected chi connectivity index (χ3v) is 6.20. The van der Waals surface area contributed by atoms with E-state index in [2.05, 4.69) is 71.0 Å². The van der Waals surface area contributed by atoms with Crippen molar-refractivity contribution in [2.45, 2.75) is 0 Å². The molecule has 1 heterocycles. The average molecular weight is 269 g/mol. The Kier molecular flexibility index (Phi) is 3.49. The maximum absolute atomic E-state index is 4.52. The fourth-order valence-electron chi connectivity index (χ4n) is 1.85. The van der Waals surface area contributed by atoms with Crippen molar-refractivity contribution >= 4 is 34.6 Å². The van der Waals surface area contributed by atoms with Gasteiger partial charge in [0.25, 0.3) is 0 Å². The van der Waals surface area contributed by atoms with Crippen molar-refractivity contribution in [2.75, 3.05) is 0 Å². The van der Waals surface area contributed by atoms with E-state index in [-0.39, 0.29) is 0 Å². The summed E-state index contributed by atoms with van der Waals surface area (Å²) in [5.41, 5.74) is 0. The van der Waals surface area contributed by atoms with Gasteiger partial charge in [-0.3, -0.25) is 0 Å². The Balaban J connectivity index is 2.11. The molecule has 18 heavy (non-hydrogen) atoms. The number of rotatable bonds is 3. The second kappa shape index (κ2) is 5.43. The van der Waals surface area contributed by atoms with Crippen molar-refractivity contribution in [1.29, 1.82) is 0 Å².